The van der Waals surface area contributed by atoms with Gasteiger partial charge in [-0.15, -0.1) is 0 Å². The molecule has 0 saturated carbocycles. The third-order valence-electron chi connectivity index (χ3n) is 2.44. The van der Waals surface area contributed by atoms with Gasteiger partial charge in [0.2, 0.25) is 0 Å². The summed E-state index contributed by atoms with van der Waals surface area (Å²) in [6, 6.07) is 7.40. The van der Waals surface area contributed by atoms with Gasteiger partial charge in [-0.1, -0.05) is 42.3 Å². The summed E-state index contributed by atoms with van der Waals surface area (Å²) in [6.45, 7) is 5.04. The van der Waals surface area contributed by atoms with Crippen molar-refractivity contribution < 1.29 is 14.4 Å². The quantitative estimate of drug-likeness (QED) is 0.579. The smallest absolute Gasteiger partial charge is 0.334 e. The Labute approximate surface area is 112 Å². The van der Waals surface area contributed by atoms with Gasteiger partial charge in [-0.2, -0.15) is 0 Å². The van der Waals surface area contributed by atoms with E-state index in [1.165, 1.54) is 5.01 Å². The molecule has 6 nitrogen and oxygen atoms in total. The summed E-state index contributed by atoms with van der Waals surface area (Å²) in [5.74, 6) is 0. The van der Waals surface area contributed by atoms with E-state index in [2.05, 4.69) is 15.7 Å². The van der Waals surface area contributed by atoms with Gasteiger partial charge in [-0.05, 0) is 18.9 Å². The minimum Gasteiger partial charge on any atom is -0.354 e. The molecule has 19 heavy (non-hydrogen) atoms. The normalized spacial score (nSPS) is 9.79. The van der Waals surface area contributed by atoms with Crippen LogP contribution in [0.3, 0.4) is 0 Å². The zero-order chi connectivity index (χ0) is 14.1. The van der Waals surface area contributed by atoms with Crippen molar-refractivity contribution in [1.29, 1.82) is 0 Å². The zero-order valence-electron chi connectivity index (χ0n) is 11.2. The van der Waals surface area contributed by atoms with Crippen molar-refractivity contribution in [3.05, 3.63) is 35.4 Å². The van der Waals surface area contributed by atoms with E-state index in [1.54, 1.807) is 0 Å². The predicted molar refractivity (Wildman–Crippen MR) is 70.7 cm³/mol. The second-order valence-corrected chi connectivity index (χ2v) is 4.11. The summed E-state index contributed by atoms with van der Waals surface area (Å²) in [4.78, 5) is 26.5. The van der Waals surface area contributed by atoms with E-state index < -0.39 is 0 Å². The lowest BCUT2D eigenvalue weighted by molar-refractivity contribution is -0.145. The Balaban J connectivity index is 2.64. The van der Waals surface area contributed by atoms with Crippen LogP contribution < -0.4 is 10.9 Å². The number of hydrogen-bond acceptors (Lipinski definition) is 4. The molecule has 1 aromatic carbocycles. The summed E-state index contributed by atoms with van der Waals surface area (Å²) in [5.41, 5.74) is 4.37. The van der Waals surface area contributed by atoms with Crippen LogP contribution in [0.25, 0.3) is 0 Å². The Kier molecular flexibility index (Phi) is 6.38. The Morgan fingerprint density at radius 3 is 2.63 bits per heavy atom. The van der Waals surface area contributed by atoms with E-state index >= 15 is 0 Å². The van der Waals surface area contributed by atoms with Gasteiger partial charge in [0, 0.05) is 6.54 Å². The van der Waals surface area contributed by atoms with E-state index in [1.807, 2.05) is 38.1 Å². The molecule has 104 valence electrons. The number of hydrogen-bond donors (Lipinski definition) is 2. The first-order valence-electron chi connectivity index (χ1n) is 6.13. The number of aryl methyl sites for hydroxylation is 1. The molecule has 1 aromatic rings. The maximum atomic E-state index is 11.8. The van der Waals surface area contributed by atoms with Crippen LogP contribution in [0.2, 0.25) is 0 Å². The molecule has 0 fully saturated rings. The van der Waals surface area contributed by atoms with Crippen LogP contribution in [0.4, 0.5) is 4.79 Å². The fourth-order valence-electron chi connectivity index (χ4n) is 1.43. The van der Waals surface area contributed by atoms with E-state index in [0.717, 1.165) is 17.5 Å². The molecule has 0 unspecified atom stereocenters. The number of rotatable bonds is 7. The van der Waals surface area contributed by atoms with Gasteiger partial charge in [0.1, 0.15) is 0 Å². The zero-order valence-corrected chi connectivity index (χ0v) is 11.2. The number of urea groups is 1. The van der Waals surface area contributed by atoms with E-state index in [9.17, 15) is 9.59 Å². The predicted octanol–water partition coefficient (Wildman–Crippen LogP) is 1.51. The molecule has 0 aliphatic carbocycles. The average molecular weight is 265 g/mol. The first kappa shape index (κ1) is 15.0. The molecule has 0 bridgehead atoms. The second kappa shape index (κ2) is 8.10. The summed E-state index contributed by atoms with van der Waals surface area (Å²) in [7, 11) is 0. The van der Waals surface area contributed by atoms with Crippen LogP contribution in [0.15, 0.2) is 24.3 Å². The number of amides is 2. The number of carbonyl (C=O) groups excluding carboxylic acids is 2. The molecule has 0 aliphatic heterocycles. The van der Waals surface area contributed by atoms with Crippen molar-refractivity contribution in [2.75, 3.05) is 6.54 Å². The highest BCUT2D eigenvalue weighted by Gasteiger charge is 2.13. The lowest BCUT2D eigenvalue weighted by Crippen LogP contribution is -2.47. The van der Waals surface area contributed by atoms with Crippen molar-refractivity contribution in [2.45, 2.75) is 26.8 Å². The Morgan fingerprint density at radius 1 is 1.37 bits per heavy atom. The van der Waals surface area contributed by atoms with E-state index in [4.69, 9.17) is 0 Å². The van der Waals surface area contributed by atoms with Gasteiger partial charge in [0.15, 0.2) is 0 Å². The highest BCUT2D eigenvalue weighted by molar-refractivity contribution is 5.73. The third kappa shape index (κ3) is 5.39. The number of benzene rings is 1. The van der Waals surface area contributed by atoms with Crippen molar-refractivity contribution >= 4 is 12.5 Å². The SMILES string of the molecule is CCCNC(=O)N(Cc1ccc(C)cc1)NOC=O. The van der Waals surface area contributed by atoms with Crippen molar-refractivity contribution in [1.82, 2.24) is 15.9 Å². The van der Waals surface area contributed by atoms with Crippen LogP contribution in [0, 0.1) is 6.92 Å². The minimum atomic E-state index is -0.343. The molecule has 0 atom stereocenters. The number of carbonyl (C=O) groups is 2. The lowest BCUT2D eigenvalue weighted by atomic mass is 10.1. The van der Waals surface area contributed by atoms with E-state index in [-0.39, 0.29) is 12.5 Å². The molecule has 0 saturated heterocycles. The minimum absolute atomic E-state index is 0.231. The van der Waals surface area contributed by atoms with Gasteiger partial charge in [-0.3, -0.25) is 4.79 Å². The largest absolute Gasteiger partial charge is 0.354 e. The third-order valence-corrected chi connectivity index (χ3v) is 2.44. The standard InChI is InChI=1S/C13H19N3O3/c1-3-8-14-13(18)16(15-19-10-17)9-12-6-4-11(2)5-7-12/h4-7,10,15H,3,8-9H2,1-2H3,(H,14,18). The van der Waals surface area contributed by atoms with Crippen LogP contribution in [0.5, 0.6) is 0 Å². The molecule has 0 aliphatic rings. The number of nitrogens with one attached hydrogen (secondary N) is 2. The summed E-state index contributed by atoms with van der Waals surface area (Å²) < 4.78 is 0. The van der Waals surface area contributed by atoms with Crippen LogP contribution in [-0.4, -0.2) is 24.1 Å². The van der Waals surface area contributed by atoms with Gasteiger partial charge in [0.05, 0.1) is 6.54 Å². The summed E-state index contributed by atoms with van der Waals surface area (Å²) in [5, 5.41) is 3.90. The lowest BCUT2D eigenvalue weighted by Gasteiger charge is -2.21. The Hall–Kier alpha value is -2.08. The number of hydrazine groups is 1. The molecule has 0 radical (unpaired) electrons. The molecule has 2 amide bonds. The maximum absolute atomic E-state index is 11.8. The molecular weight excluding hydrogens is 246 g/mol. The summed E-state index contributed by atoms with van der Waals surface area (Å²) in [6.07, 6.45) is 0.832. The molecule has 0 aromatic heterocycles. The summed E-state index contributed by atoms with van der Waals surface area (Å²) >= 11 is 0. The fraction of sp³-hybridized carbons (Fsp3) is 0.385. The molecule has 2 N–H and O–H groups in total. The molecule has 6 heteroatoms. The van der Waals surface area contributed by atoms with Crippen LogP contribution in [-0.2, 0) is 16.2 Å². The molecule has 1 rings (SSSR count). The maximum Gasteiger partial charge on any atom is 0.334 e. The average Bonchev–Trinajstić information content (AvgIpc) is 2.42. The molecular formula is C13H19N3O3. The van der Waals surface area contributed by atoms with Crippen LogP contribution >= 0.6 is 0 Å². The van der Waals surface area contributed by atoms with E-state index in [0.29, 0.717) is 13.1 Å². The van der Waals surface area contributed by atoms with Gasteiger partial charge < -0.3 is 10.2 Å². The van der Waals surface area contributed by atoms with Gasteiger partial charge >= 0.3 is 12.5 Å². The first-order chi connectivity index (χ1) is 9.17. The van der Waals surface area contributed by atoms with Crippen LogP contribution in [0.1, 0.15) is 24.5 Å². The second-order valence-electron chi connectivity index (χ2n) is 4.11. The first-order valence-corrected chi connectivity index (χ1v) is 6.13. The highest BCUT2D eigenvalue weighted by Crippen LogP contribution is 2.05. The van der Waals surface area contributed by atoms with Gasteiger partial charge in [-0.25, -0.2) is 9.80 Å². The van der Waals surface area contributed by atoms with Gasteiger partial charge in [0.25, 0.3) is 0 Å². The monoisotopic (exact) mass is 265 g/mol. The highest BCUT2D eigenvalue weighted by atomic mass is 16.7. The molecule has 0 heterocycles. The Bertz CT molecular complexity index is 406. The van der Waals surface area contributed by atoms with Crippen molar-refractivity contribution in [3.8, 4) is 0 Å². The molecule has 0 spiro atoms. The topological polar surface area (TPSA) is 70.7 Å². The Morgan fingerprint density at radius 2 is 2.05 bits per heavy atom. The fourth-order valence-corrected chi connectivity index (χ4v) is 1.43. The van der Waals surface area contributed by atoms with Crippen molar-refractivity contribution in [2.24, 2.45) is 0 Å². The van der Waals surface area contributed by atoms with Crippen molar-refractivity contribution in [3.63, 3.8) is 0 Å². The number of nitrogens with zero attached hydrogens (tertiary/aromatic N) is 1.